The molecule has 8 heteroatoms. The third-order valence-corrected chi connectivity index (χ3v) is 5.80. The van der Waals surface area contributed by atoms with E-state index in [2.05, 4.69) is 21.2 Å². The summed E-state index contributed by atoms with van der Waals surface area (Å²) in [5.41, 5.74) is 8.40. The molecule has 2 aromatic rings. The smallest absolute Gasteiger partial charge is 0.241 e. The molecule has 2 aliphatic rings. The number of nitrogens with zero attached hydrogens (tertiary/aromatic N) is 2. The zero-order chi connectivity index (χ0) is 21.1. The molecule has 4 rings (SSSR count). The highest BCUT2D eigenvalue weighted by molar-refractivity contribution is 5.94. The maximum atomic E-state index is 13.3. The quantitative estimate of drug-likeness (QED) is 0.719. The van der Waals surface area contributed by atoms with Crippen molar-refractivity contribution in [1.29, 1.82) is 0 Å². The molecule has 1 aromatic carbocycles. The third kappa shape index (κ3) is 4.49. The van der Waals surface area contributed by atoms with E-state index in [1.54, 1.807) is 24.1 Å². The Labute approximate surface area is 175 Å². The standard InChI is InChI=1S/C22H26FN5O2/c1-14-11-16(23)7-8-17(14)25-21(29)15-5-4-10-28(13-15)22(30)20-12-19(26-27-20)18-6-2-3-9-24-18/h2-3,6-9,11,15,19-20,26-27H,4-5,10,12-13H2,1H3,(H,25,29). The Bertz CT molecular complexity index is 923. The van der Waals surface area contributed by atoms with E-state index in [1.807, 2.05) is 18.2 Å². The molecule has 2 saturated heterocycles. The predicted molar refractivity (Wildman–Crippen MR) is 111 cm³/mol. The molecule has 0 spiro atoms. The van der Waals surface area contributed by atoms with Gasteiger partial charge in [0.25, 0.3) is 0 Å². The van der Waals surface area contributed by atoms with Crippen LogP contribution in [0.3, 0.4) is 0 Å². The molecule has 0 saturated carbocycles. The molecule has 158 valence electrons. The molecular formula is C22H26FN5O2. The molecule has 0 aliphatic carbocycles. The second-order valence-electron chi connectivity index (χ2n) is 7.96. The van der Waals surface area contributed by atoms with Crippen molar-refractivity contribution in [3.05, 3.63) is 59.7 Å². The zero-order valence-corrected chi connectivity index (χ0v) is 16.9. The highest BCUT2D eigenvalue weighted by Crippen LogP contribution is 2.25. The molecule has 3 unspecified atom stereocenters. The summed E-state index contributed by atoms with van der Waals surface area (Å²) in [4.78, 5) is 31.9. The molecule has 3 heterocycles. The number of anilines is 1. The SMILES string of the molecule is Cc1cc(F)ccc1NC(=O)C1CCCN(C(=O)C2CC(c3ccccn3)NN2)C1. The van der Waals surface area contributed by atoms with Crippen LogP contribution in [0.4, 0.5) is 10.1 Å². The molecule has 2 aliphatic heterocycles. The van der Waals surface area contributed by atoms with E-state index in [-0.39, 0.29) is 35.6 Å². The summed E-state index contributed by atoms with van der Waals surface area (Å²) in [7, 11) is 0. The van der Waals surface area contributed by atoms with Gasteiger partial charge >= 0.3 is 0 Å². The van der Waals surface area contributed by atoms with Crippen LogP contribution < -0.4 is 16.2 Å². The average Bonchev–Trinajstić information content (AvgIpc) is 3.26. The number of amides is 2. The number of benzene rings is 1. The topological polar surface area (TPSA) is 86.4 Å². The van der Waals surface area contributed by atoms with Crippen LogP contribution in [-0.4, -0.2) is 40.8 Å². The van der Waals surface area contributed by atoms with Gasteiger partial charge in [-0.15, -0.1) is 0 Å². The first kappa shape index (κ1) is 20.4. The third-order valence-electron chi connectivity index (χ3n) is 5.80. The van der Waals surface area contributed by atoms with Crippen molar-refractivity contribution in [2.24, 2.45) is 5.92 Å². The van der Waals surface area contributed by atoms with Crippen molar-refractivity contribution >= 4 is 17.5 Å². The molecular weight excluding hydrogens is 385 g/mol. The Morgan fingerprint density at radius 1 is 1.23 bits per heavy atom. The summed E-state index contributed by atoms with van der Waals surface area (Å²) in [6.07, 6.45) is 3.85. The maximum Gasteiger partial charge on any atom is 0.241 e. The molecule has 7 nitrogen and oxygen atoms in total. The second-order valence-corrected chi connectivity index (χ2v) is 7.96. The van der Waals surface area contributed by atoms with Crippen molar-refractivity contribution < 1.29 is 14.0 Å². The number of likely N-dealkylation sites (tertiary alicyclic amines) is 1. The highest BCUT2D eigenvalue weighted by Gasteiger charge is 2.36. The maximum absolute atomic E-state index is 13.3. The number of aromatic nitrogens is 1. The molecule has 3 N–H and O–H groups in total. The van der Waals surface area contributed by atoms with Gasteiger partial charge in [0.05, 0.1) is 17.7 Å². The number of aryl methyl sites for hydroxylation is 1. The van der Waals surface area contributed by atoms with E-state index in [0.717, 1.165) is 18.5 Å². The Morgan fingerprint density at radius 3 is 2.87 bits per heavy atom. The van der Waals surface area contributed by atoms with Gasteiger partial charge < -0.3 is 10.2 Å². The van der Waals surface area contributed by atoms with E-state index < -0.39 is 0 Å². The normalized spacial score (nSPS) is 23.9. The molecule has 1 aromatic heterocycles. The van der Waals surface area contributed by atoms with E-state index >= 15 is 0 Å². The molecule has 0 bridgehead atoms. The molecule has 2 fully saturated rings. The van der Waals surface area contributed by atoms with E-state index in [9.17, 15) is 14.0 Å². The van der Waals surface area contributed by atoms with Gasteiger partial charge in [0, 0.05) is 25.0 Å². The van der Waals surface area contributed by atoms with Crippen molar-refractivity contribution in [3.63, 3.8) is 0 Å². The molecule has 2 amide bonds. The number of carbonyl (C=O) groups is 2. The lowest BCUT2D eigenvalue weighted by Gasteiger charge is -2.33. The van der Waals surface area contributed by atoms with Crippen molar-refractivity contribution in [2.45, 2.75) is 38.3 Å². The van der Waals surface area contributed by atoms with Gasteiger partial charge in [0.2, 0.25) is 11.8 Å². The van der Waals surface area contributed by atoms with Crippen molar-refractivity contribution in [3.8, 4) is 0 Å². The summed E-state index contributed by atoms with van der Waals surface area (Å²) < 4.78 is 13.3. The number of carbonyl (C=O) groups excluding carboxylic acids is 2. The lowest BCUT2D eigenvalue weighted by Crippen LogP contribution is -2.50. The average molecular weight is 411 g/mol. The van der Waals surface area contributed by atoms with Gasteiger partial charge in [-0.1, -0.05) is 6.07 Å². The Kier molecular flexibility index (Phi) is 6.06. The van der Waals surface area contributed by atoms with Crippen LogP contribution in [0.5, 0.6) is 0 Å². The number of hydrogen-bond donors (Lipinski definition) is 3. The predicted octanol–water partition coefficient (Wildman–Crippen LogP) is 2.31. The minimum absolute atomic E-state index is 0.00334. The van der Waals surface area contributed by atoms with Crippen LogP contribution in [0, 0.1) is 18.7 Å². The number of halogens is 1. The van der Waals surface area contributed by atoms with Crippen LogP contribution in [0.2, 0.25) is 0 Å². The Morgan fingerprint density at radius 2 is 2.10 bits per heavy atom. The van der Waals surface area contributed by atoms with E-state index in [1.165, 1.54) is 12.1 Å². The van der Waals surface area contributed by atoms with Crippen LogP contribution in [0.25, 0.3) is 0 Å². The van der Waals surface area contributed by atoms with Gasteiger partial charge in [-0.2, -0.15) is 0 Å². The first-order valence-electron chi connectivity index (χ1n) is 10.3. The van der Waals surface area contributed by atoms with Crippen LogP contribution >= 0.6 is 0 Å². The van der Waals surface area contributed by atoms with Crippen molar-refractivity contribution in [1.82, 2.24) is 20.7 Å². The van der Waals surface area contributed by atoms with Crippen LogP contribution in [-0.2, 0) is 9.59 Å². The first-order chi connectivity index (χ1) is 14.5. The first-order valence-corrected chi connectivity index (χ1v) is 10.3. The Balaban J connectivity index is 1.35. The number of pyridine rings is 1. The number of nitrogens with one attached hydrogen (secondary N) is 3. The van der Waals surface area contributed by atoms with Gasteiger partial charge in [0.1, 0.15) is 11.9 Å². The summed E-state index contributed by atoms with van der Waals surface area (Å²) in [5.74, 6) is -0.753. The number of piperidine rings is 1. The zero-order valence-electron chi connectivity index (χ0n) is 16.9. The molecule has 30 heavy (non-hydrogen) atoms. The van der Waals surface area contributed by atoms with Gasteiger partial charge in [-0.05, 0) is 62.1 Å². The van der Waals surface area contributed by atoms with Gasteiger partial charge in [-0.25, -0.2) is 15.2 Å². The number of hydrazine groups is 1. The molecule has 0 radical (unpaired) electrons. The van der Waals surface area contributed by atoms with Crippen LogP contribution in [0.15, 0.2) is 42.6 Å². The minimum Gasteiger partial charge on any atom is -0.341 e. The summed E-state index contributed by atoms with van der Waals surface area (Å²) in [5, 5.41) is 2.88. The monoisotopic (exact) mass is 411 g/mol. The van der Waals surface area contributed by atoms with E-state index in [4.69, 9.17) is 0 Å². The largest absolute Gasteiger partial charge is 0.341 e. The van der Waals surface area contributed by atoms with Gasteiger partial charge in [-0.3, -0.25) is 14.6 Å². The summed E-state index contributed by atoms with van der Waals surface area (Å²) in [6, 6.07) is 9.64. The Hall–Kier alpha value is -2.84. The molecule has 3 atom stereocenters. The number of hydrogen-bond acceptors (Lipinski definition) is 5. The second kappa shape index (κ2) is 8.89. The summed E-state index contributed by atoms with van der Waals surface area (Å²) in [6.45, 7) is 2.79. The fourth-order valence-electron chi connectivity index (χ4n) is 4.11. The fourth-order valence-corrected chi connectivity index (χ4v) is 4.11. The minimum atomic E-state index is -0.349. The van der Waals surface area contributed by atoms with Gasteiger partial charge in [0.15, 0.2) is 0 Å². The lowest BCUT2D eigenvalue weighted by molar-refractivity contribution is -0.136. The highest BCUT2D eigenvalue weighted by atomic mass is 19.1. The van der Waals surface area contributed by atoms with Crippen molar-refractivity contribution in [2.75, 3.05) is 18.4 Å². The summed E-state index contributed by atoms with van der Waals surface area (Å²) >= 11 is 0. The van der Waals surface area contributed by atoms with E-state index in [0.29, 0.717) is 30.8 Å². The lowest BCUT2D eigenvalue weighted by atomic mass is 9.95. The van der Waals surface area contributed by atoms with Crippen LogP contribution in [0.1, 0.15) is 36.6 Å². The number of rotatable bonds is 4. The fraction of sp³-hybridized carbons (Fsp3) is 0.409.